The Bertz CT molecular complexity index is 1530. The van der Waals surface area contributed by atoms with Crippen molar-refractivity contribution in [2.75, 3.05) is 6.61 Å². The molecule has 1 heterocycles. The number of aromatic nitrogens is 1. The van der Waals surface area contributed by atoms with Crippen LogP contribution < -0.4 is 10.2 Å². The van der Waals surface area contributed by atoms with Gasteiger partial charge >= 0.3 is 0 Å². The SMILES string of the molecule is CCOc1cc2oc3cc(=O)c(Sc4ccccc4C)cc-3nc2cc1Sc1ccccc1C. The van der Waals surface area contributed by atoms with E-state index < -0.39 is 0 Å². The van der Waals surface area contributed by atoms with Gasteiger partial charge in [0.1, 0.15) is 17.0 Å². The molecule has 1 aliphatic carbocycles. The van der Waals surface area contributed by atoms with Crippen molar-refractivity contribution >= 4 is 34.6 Å². The first-order chi connectivity index (χ1) is 16.5. The molecule has 34 heavy (non-hydrogen) atoms. The Morgan fingerprint density at radius 2 is 1.47 bits per heavy atom. The molecule has 3 aromatic rings. The monoisotopic (exact) mass is 485 g/mol. The van der Waals surface area contributed by atoms with Crippen molar-refractivity contribution < 1.29 is 9.15 Å². The quantitative estimate of drug-likeness (QED) is 0.231. The molecule has 1 aliphatic heterocycles. The van der Waals surface area contributed by atoms with Gasteiger partial charge in [-0.15, -0.1) is 0 Å². The molecule has 0 atom stereocenters. The normalized spacial score (nSPS) is 11.3. The standard InChI is InChI=1S/C28H23NO3S2/c1-4-31-24-16-23-20(14-28(24)34-26-12-8-6-10-18(26)3)29-19-13-27(21(30)15-22(19)32-23)33-25-11-7-5-9-17(25)2/h5-16H,4H2,1-3H3. The van der Waals surface area contributed by atoms with E-state index in [9.17, 15) is 4.79 Å². The molecule has 2 aliphatic rings. The van der Waals surface area contributed by atoms with Crippen molar-refractivity contribution in [2.24, 2.45) is 0 Å². The smallest absolute Gasteiger partial charge is 0.196 e. The highest BCUT2D eigenvalue weighted by atomic mass is 32.2. The summed E-state index contributed by atoms with van der Waals surface area (Å²) in [5.74, 6) is 1.20. The van der Waals surface area contributed by atoms with Crippen molar-refractivity contribution in [1.82, 2.24) is 4.98 Å². The van der Waals surface area contributed by atoms with Crippen LogP contribution >= 0.6 is 23.5 Å². The zero-order valence-corrected chi connectivity index (χ0v) is 20.8. The molecular formula is C28H23NO3S2. The Kier molecular flexibility index (Phi) is 6.35. The Morgan fingerprint density at radius 1 is 0.824 bits per heavy atom. The molecule has 0 spiro atoms. The fraction of sp³-hybridized carbons (Fsp3) is 0.143. The van der Waals surface area contributed by atoms with Gasteiger partial charge < -0.3 is 9.15 Å². The van der Waals surface area contributed by atoms with E-state index in [4.69, 9.17) is 14.1 Å². The van der Waals surface area contributed by atoms with Crippen LogP contribution in [0.2, 0.25) is 0 Å². The molecule has 6 heteroatoms. The Hall–Kier alpha value is -3.22. The van der Waals surface area contributed by atoms with Crippen LogP contribution in [0.15, 0.2) is 102 Å². The predicted molar refractivity (Wildman–Crippen MR) is 139 cm³/mol. The van der Waals surface area contributed by atoms with Crippen LogP contribution in [0.4, 0.5) is 0 Å². The van der Waals surface area contributed by atoms with Crippen molar-refractivity contribution in [3.8, 4) is 17.2 Å². The van der Waals surface area contributed by atoms with Gasteiger partial charge in [0.25, 0.3) is 0 Å². The molecule has 0 unspecified atom stereocenters. The van der Waals surface area contributed by atoms with Gasteiger partial charge in [0.05, 0.1) is 16.4 Å². The zero-order chi connectivity index (χ0) is 23.7. The van der Waals surface area contributed by atoms with Gasteiger partial charge in [-0.05, 0) is 56.2 Å². The lowest BCUT2D eigenvalue weighted by atomic mass is 10.2. The average molecular weight is 486 g/mol. The number of benzene rings is 4. The number of aryl methyl sites for hydroxylation is 2. The molecule has 0 fully saturated rings. The van der Waals surface area contributed by atoms with E-state index in [-0.39, 0.29) is 5.43 Å². The molecule has 4 nitrogen and oxygen atoms in total. The van der Waals surface area contributed by atoms with E-state index in [0.29, 0.717) is 28.5 Å². The number of hydrogen-bond acceptors (Lipinski definition) is 6. The Morgan fingerprint density at radius 3 is 2.12 bits per heavy atom. The predicted octanol–water partition coefficient (Wildman–Crippen LogP) is 7.61. The second-order valence-corrected chi connectivity index (χ2v) is 10.1. The second kappa shape index (κ2) is 9.57. The molecule has 0 N–H and O–H groups in total. The van der Waals surface area contributed by atoms with Gasteiger partial charge in [-0.1, -0.05) is 59.9 Å². The summed E-state index contributed by atoms with van der Waals surface area (Å²) in [7, 11) is 0. The minimum Gasteiger partial charge on any atom is -0.493 e. The van der Waals surface area contributed by atoms with E-state index in [0.717, 1.165) is 31.5 Å². The van der Waals surface area contributed by atoms with Crippen LogP contribution in [0.1, 0.15) is 18.1 Å². The Balaban J connectivity index is 1.60. The van der Waals surface area contributed by atoms with E-state index >= 15 is 0 Å². The summed E-state index contributed by atoms with van der Waals surface area (Å²) in [6, 6.07) is 23.5. The third kappa shape index (κ3) is 4.56. The highest BCUT2D eigenvalue weighted by molar-refractivity contribution is 7.99. The summed E-state index contributed by atoms with van der Waals surface area (Å²) in [5.41, 5.74) is 4.21. The zero-order valence-electron chi connectivity index (χ0n) is 19.1. The number of ether oxygens (including phenoxy) is 1. The van der Waals surface area contributed by atoms with Crippen molar-refractivity contribution in [2.45, 2.75) is 40.4 Å². The number of fused-ring (bicyclic) bond motifs is 2. The highest BCUT2D eigenvalue weighted by Gasteiger charge is 2.17. The molecule has 0 saturated heterocycles. The highest BCUT2D eigenvalue weighted by Crippen LogP contribution is 2.40. The number of rotatable bonds is 6. The second-order valence-electron chi connectivity index (χ2n) is 7.92. The largest absolute Gasteiger partial charge is 0.493 e. The molecular weight excluding hydrogens is 462 g/mol. The maximum absolute atomic E-state index is 12.8. The molecule has 5 rings (SSSR count). The van der Waals surface area contributed by atoms with Gasteiger partial charge in [0.2, 0.25) is 0 Å². The van der Waals surface area contributed by atoms with Crippen molar-refractivity contribution in [3.63, 3.8) is 0 Å². The van der Waals surface area contributed by atoms with Crippen molar-refractivity contribution in [1.29, 1.82) is 0 Å². The van der Waals surface area contributed by atoms with Gasteiger partial charge in [-0.25, -0.2) is 4.98 Å². The first-order valence-corrected chi connectivity index (χ1v) is 12.7. The fourth-order valence-corrected chi connectivity index (χ4v) is 5.60. The summed E-state index contributed by atoms with van der Waals surface area (Å²) < 4.78 is 12.0. The number of nitrogens with zero attached hydrogens (tertiary/aromatic N) is 1. The molecule has 0 saturated carbocycles. The third-order valence-corrected chi connectivity index (χ3v) is 7.87. The maximum Gasteiger partial charge on any atom is 0.196 e. The van der Waals surface area contributed by atoms with Gasteiger partial charge in [-0.3, -0.25) is 4.79 Å². The first-order valence-electron chi connectivity index (χ1n) is 11.0. The van der Waals surface area contributed by atoms with Crippen LogP contribution in [-0.2, 0) is 0 Å². The summed E-state index contributed by atoms with van der Waals surface area (Å²) in [4.78, 5) is 21.5. The summed E-state index contributed by atoms with van der Waals surface area (Å²) in [6.07, 6.45) is 0. The molecule has 0 bridgehead atoms. The van der Waals surface area contributed by atoms with Gasteiger partial charge in [-0.2, -0.15) is 0 Å². The molecule has 0 amide bonds. The molecule has 170 valence electrons. The fourth-order valence-electron chi connectivity index (χ4n) is 3.65. The molecule has 3 aromatic carbocycles. The topological polar surface area (TPSA) is 52.3 Å². The van der Waals surface area contributed by atoms with Crippen LogP contribution in [0, 0.1) is 13.8 Å². The lowest BCUT2D eigenvalue weighted by Gasteiger charge is -2.14. The van der Waals surface area contributed by atoms with Crippen molar-refractivity contribution in [3.05, 3.63) is 94.1 Å². The number of hydrogen-bond donors (Lipinski definition) is 0. The minimum atomic E-state index is -0.0811. The average Bonchev–Trinajstić information content (AvgIpc) is 2.82. The van der Waals surface area contributed by atoms with E-state index in [2.05, 4.69) is 19.1 Å². The third-order valence-electron chi connectivity index (χ3n) is 5.44. The first kappa shape index (κ1) is 22.6. The van der Waals surface area contributed by atoms with E-state index in [1.54, 1.807) is 11.8 Å². The maximum atomic E-state index is 12.8. The lowest BCUT2D eigenvalue weighted by molar-refractivity contribution is 0.332. The summed E-state index contributed by atoms with van der Waals surface area (Å²) >= 11 is 3.11. The van der Waals surface area contributed by atoms with E-state index in [1.807, 2.05) is 68.4 Å². The van der Waals surface area contributed by atoms with Crippen LogP contribution in [0.25, 0.3) is 22.6 Å². The van der Waals surface area contributed by atoms with Crippen LogP contribution in [-0.4, -0.2) is 11.6 Å². The van der Waals surface area contributed by atoms with Gasteiger partial charge in [0.15, 0.2) is 16.8 Å². The van der Waals surface area contributed by atoms with Crippen LogP contribution in [0.3, 0.4) is 0 Å². The summed E-state index contributed by atoms with van der Waals surface area (Å²) in [5, 5.41) is 0. The van der Waals surface area contributed by atoms with E-state index in [1.165, 1.54) is 23.4 Å². The lowest BCUT2D eigenvalue weighted by Crippen LogP contribution is -2.05. The minimum absolute atomic E-state index is 0.0811. The Labute approximate surface area is 206 Å². The van der Waals surface area contributed by atoms with Crippen LogP contribution in [0.5, 0.6) is 5.75 Å². The molecule has 0 radical (unpaired) electrons. The molecule has 0 aromatic heterocycles. The summed E-state index contributed by atoms with van der Waals surface area (Å²) in [6.45, 7) is 6.63. The van der Waals surface area contributed by atoms with Gasteiger partial charge in [0, 0.05) is 21.9 Å².